The fraction of sp³-hybridized carbons (Fsp3) is 0.533. The van der Waals surface area contributed by atoms with Gasteiger partial charge in [-0.2, -0.15) is 0 Å². The molecular weight excluding hydrogens is 242 g/mol. The summed E-state index contributed by atoms with van der Waals surface area (Å²) >= 11 is 0. The standard InChI is InChI=1S/C15H21NO3/c1-3-10-19-14-12(15(17)18)7-4-8-13(14)16-9-5-6-11(16)2/h4,7-8,11H,3,5-6,9-10H2,1-2H3,(H,17,18). The molecule has 1 atom stereocenters. The van der Waals surface area contributed by atoms with Crippen molar-refractivity contribution in [2.24, 2.45) is 0 Å². The number of hydrogen-bond donors (Lipinski definition) is 1. The molecule has 0 spiro atoms. The molecule has 0 radical (unpaired) electrons. The minimum Gasteiger partial charge on any atom is -0.491 e. The Morgan fingerprint density at radius 1 is 1.53 bits per heavy atom. The lowest BCUT2D eigenvalue weighted by Gasteiger charge is -2.26. The smallest absolute Gasteiger partial charge is 0.339 e. The number of hydrogen-bond acceptors (Lipinski definition) is 3. The van der Waals surface area contributed by atoms with Crippen LogP contribution in [-0.4, -0.2) is 30.3 Å². The summed E-state index contributed by atoms with van der Waals surface area (Å²) in [5.41, 5.74) is 1.17. The molecule has 104 valence electrons. The highest BCUT2D eigenvalue weighted by Crippen LogP contribution is 2.36. The van der Waals surface area contributed by atoms with Gasteiger partial charge in [-0.15, -0.1) is 0 Å². The highest BCUT2D eigenvalue weighted by molar-refractivity contribution is 5.93. The number of para-hydroxylation sites is 1. The van der Waals surface area contributed by atoms with E-state index in [1.165, 1.54) is 0 Å². The van der Waals surface area contributed by atoms with Crippen molar-refractivity contribution in [1.29, 1.82) is 0 Å². The fourth-order valence-electron chi connectivity index (χ4n) is 2.57. The summed E-state index contributed by atoms with van der Waals surface area (Å²) in [4.78, 5) is 13.6. The van der Waals surface area contributed by atoms with E-state index in [2.05, 4.69) is 11.8 Å². The molecule has 0 amide bonds. The minimum atomic E-state index is -0.931. The van der Waals surface area contributed by atoms with Gasteiger partial charge in [-0.05, 0) is 38.3 Å². The number of aromatic carboxylic acids is 1. The van der Waals surface area contributed by atoms with Crippen molar-refractivity contribution in [2.45, 2.75) is 39.2 Å². The van der Waals surface area contributed by atoms with Gasteiger partial charge in [-0.25, -0.2) is 4.79 Å². The highest BCUT2D eigenvalue weighted by Gasteiger charge is 2.26. The number of carbonyl (C=O) groups is 1. The topological polar surface area (TPSA) is 49.8 Å². The number of ether oxygens (including phenoxy) is 1. The van der Waals surface area contributed by atoms with Gasteiger partial charge in [0, 0.05) is 12.6 Å². The molecule has 0 saturated carbocycles. The molecule has 1 unspecified atom stereocenters. The molecule has 1 aliphatic rings. The van der Waals surface area contributed by atoms with Crippen molar-refractivity contribution in [3.63, 3.8) is 0 Å². The largest absolute Gasteiger partial charge is 0.491 e. The first-order valence-corrected chi connectivity index (χ1v) is 6.91. The van der Waals surface area contributed by atoms with Crippen LogP contribution >= 0.6 is 0 Å². The van der Waals surface area contributed by atoms with Crippen LogP contribution in [0.15, 0.2) is 18.2 Å². The van der Waals surface area contributed by atoms with Gasteiger partial charge >= 0.3 is 5.97 Å². The molecule has 19 heavy (non-hydrogen) atoms. The van der Waals surface area contributed by atoms with Gasteiger partial charge in [-0.3, -0.25) is 0 Å². The van der Waals surface area contributed by atoms with E-state index in [4.69, 9.17) is 4.74 Å². The van der Waals surface area contributed by atoms with Crippen LogP contribution in [0.2, 0.25) is 0 Å². The summed E-state index contributed by atoms with van der Waals surface area (Å²) in [6, 6.07) is 5.80. The van der Waals surface area contributed by atoms with Gasteiger partial charge in [0.1, 0.15) is 5.56 Å². The minimum absolute atomic E-state index is 0.255. The number of carboxylic acids is 1. The van der Waals surface area contributed by atoms with Crippen molar-refractivity contribution in [1.82, 2.24) is 0 Å². The van der Waals surface area contributed by atoms with Crippen molar-refractivity contribution < 1.29 is 14.6 Å². The van der Waals surface area contributed by atoms with Crippen LogP contribution in [0.5, 0.6) is 5.75 Å². The molecule has 1 saturated heterocycles. The number of anilines is 1. The fourth-order valence-corrected chi connectivity index (χ4v) is 2.57. The third-order valence-corrected chi connectivity index (χ3v) is 3.54. The van der Waals surface area contributed by atoms with E-state index >= 15 is 0 Å². The van der Waals surface area contributed by atoms with Gasteiger partial charge < -0.3 is 14.7 Å². The molecule has 2 rings (SSSR count). The molecule has 1 aliphatic heterocycles. The Bertz CT molecular complexity index is 459. The molecule has 1 fully saturated rings. The SMILES string of the molecule is CCCOc1c(C(=O)O)cccc1N1CCCC1C. The van der Waals surface area contributed by atoms with Crippen LogP contribution in [-0.2, 0) is 0 Å². The normalized spacial score (nSPS) is 18.6. The first-order valence-electron chi connectivity index (χ1n) is 6.91. The van der Waals surface area contributed by atoms with E-state index in [0.29, 0.717) is 18.4 Å². The zero-order valence-electron chi connectivity index (χ0n) is 11.6. The third kappa shape index (κ3) is 2.83. The van der Waals surface area contributed by atoms with Crippen LogP contribution in [0.3, 0.4) is 0 Å². The van der Waals surface area contributed by atoms with Gasteiger partial charge in [-0.1, -0.05) is 13.0 Å². The Balaban J connectivity index is 2.40. The van der Waals surface area contributed by atoms with Crippen molar-refractivity contribution >= 4 is 11.7 Å². The van der Waals surface area contributed by atoms with Gasteiger partial charge in [0.05, 0.1) is 12.3 Å². The number of carboxylic acid groups (broad SMARTS) is 1. The molecule has 0 bridgehead atoms. The third-order valence-electron chi connectivity index (χ3n) is 3.54. The van der Waals surface area contributed by atoms with Crippen LogP contribution in [0.25, 0.3) is 0 Å². The summed E-state index contributed by atoms with van der Waals surface area (Å²) in [6.07, 6.45) is 3.15. The van der Waals surface area contributed by atoms with E-state index in [1.54, 1.807) is 12.1 Å². The van der Waals surface area contributed by atoms with Crippen molar-refractivity contribution in [3.8, 4) is 5.75 Å². The Morgan fingerprint density at radius 2 is 2.32 bits per heavy atom. The average molecular weight is 263 g/mol. The summed E-state index contributed by atoms with van der Waals surface area (Å²) in [7, 11) is 0. The van der Waals surface area contributed by atoms with E-state index in [9.17, 15) is 9.90 Å². The quantitative estimate of drug-likeness (QED) is 0.886. The summed E-state index contributed by atoms with van der Waals surface area (Å²) < 4.78 is 5.72. The number of rotatable bonds is 5. The van der Waals surface area contributed by atoms with Gasteiger partial charge in [0.25, 0.3) is 0 Å². The molecule has 1 aromatic rings. The maximum atomic E-state index is 11.3. The van der Waals surface area contributed by atoms with Crippen LogP contribution in [0.4, 0.5) is 5.69 Å². The summed E-state index contributed by atoms with van der Waals surface area (Å²) in [5, 5.41) is 9.30. The van der Waals surface area contributed by atoms with E-state index in [1.807, 2.05) is 13.0 Å². The molecule has 0 aromatic heterocycles. The molecule has 0 aliphatic carbocycles. The molecule has 1 aromatic carbocycles. The Hall–Kier alpha value is -1.71. The number of benzene rings is 1. The molecule has 4 nitrogen and oxygen atoms in total. The van der Waals surface area contributed by atoms with Crippen LogP contribution < -0.4 is 9.64 Å². The average Bonchev–Trinajstić information content (AvgIpc) is 2.82. The lowest BCUT2D eigenvalue weighted by molar-refractivity contribution is 0.0692. The van der Waals surface area contributed by atoms with Crippen molar-refractivity contribution in [2.75, 3.05) is 18.1 Å². The van der Waals surface area contributed by atoms with E-state index in [0.717, 1.165) is 31.5 Å². The zero-order chi connectivity index (χ0) is 13.8. The second-order valence-corrected chi connectivity index (χ2v) is 4.99. The predicted octanol–water partition coefficient (Wildman–Crippen LogP) is 3.16. The van der Waals surface area contributed by atoms with Gasteiger partial charge in [0.15, 0.2) is 5.75 Å². The molecule has 4 heteroatoms. The monoisotopic (exact) mass is 263 g/mol. The zero-order valence-corrected chi connectivity index (χ0v) is 11.6. The number of nitrogens with zero attached hydrogens (tertiary/aromatic N) is 1. The Morgan fingerprint density at radius 3 is 2.89 bits per heavy atom. The molecule has 1 N–H and O–H groups in total. The summed E-state index contributed by atoms with van der Waals surface area (Å²) in [6.45, 7) is 5.69. The maximum absolute atomic E-state index is 11.3. The molecular formula is C15H21NO3. The summed E-state index contributed by atoms with van der Waals surface area (Å²) in [5.74, 6) is -0.412. The Labute approximate surface area is 114 Å². The predicted molar refractivity (Wildman–Crippen MR) is 75.2 cm³/mol. The second kappa shape index (κ2) is 5.95. The second-order valence-electron chi connectivity index (χ2n) is 4.99. The van der Waals surface area contributed by atoms with Crippen LogP contribution in [0, 0.1) is 0 Å². The lowest BCUT2D eigenvalue weighted by atomic mass is 10.1. The first kappa shape index (κ1) is 13.7. The highest BCUT2D eigenvalue weighted by atomic mass is 16.5. The van der Waals surface area contributed by atoms with Gasteiger partial charge in [0.2, 0.25) is 0 Å². The first-order chi connectivity index (χ1) is 9.15. The van der Waals surface area contributed by atoms with E-state index in [-0.39, 0.29) is 5.56 Å². The Kier molecular flexibility index (Phi) is 4.30. The maximum Gasteiger partial charge on any atom is 0.339 e. The van der Waals surface area contributed by atoms with Crippen LogP contribution in [0.1, 0.15) is 43.5 Å². The molecule has 1 heterocycles. The van der Waals surface area contributed by atoms with E-state index < -0.39 is 5.97 Å². The lowest BCUT2D eigenvalue weighted by Crippen LogP contribution is -2.27. The van der Waals surface area contributed by atoms with Crippen molar-refractivity contribution in [3.05, 3.63) is 23.8 Å².